The Hall–Kier alpha value is -2.62. The van der Waals surface area contributed by atoms with E-state index in [0.717, 1.165) is 0 Å². The van der Waals surface area contributed by atoms with Crippen molar-refractivity contribution >= 4 is 27.7 Å². The third kappa shape index (κ3) is 3.44. The average Bonchev–Trinajstić information content (AvgIpc) is 3.34. The van der Waals surface area contributed by atoms with Crippen LogP contribution in [0.2, 0.25) is 0 Å². The minimum absolute atomic E-state index is 0.0897. The van der Waals surface area contributed by atoms with Crippen molar-refractivity contribution in [2.24, 2.45) is 5.92 Å². The largest absolute Gasteiger partial charge is 0.448 e. The van der Waals surface area contributed by atoms with Crippen molar-refractivity contribution in [3.63, 3.8) is 0 Å². The maximum absolute atomic E-state index is 12.6. The van der Waals surface area contributed by atoms with Gasteiger partial charge in [-0.25, -0.2) is 13.2 Å². The number of hydrogen-bond donors (Lipinski definition) is 1. The minimum atomic E-state index is -3.42. The van der Waals surface area contributed by atoms with E-state index in [4.69, 9.17) is 4.74 Å². The molecule has 9 nitrogen and oxygen atoms in total. The smallest absolute Gasteiger partial charge is 0.410 e. The normalized spacial score (nSPS) is 28.1. The molecular weight excluding hydrogens is 386 g/mol. The maximum Gasteiger partial charge on any atom is 0.410 e. The second-order valence-electron chi connectivity index (χ2n) is 7.31. The molecule has 10 heteroatoms. The van der Waals surface area contributed by atoms with Crippen LogP contribution in [0.3, 0.4) is 0 Å². The monoisotopic (exact) mass is 407 g/mol. The van der Waals surface area contributed by atoms with Crippen LogP contribution in [0.15, 0.2) is 30.3 Å². The zero-order chi connectivity index (χ0) is 19.9. The molecular formula is C18H21N3O6S. The van der Waals surface area contributed by atoms with Gasteiger partial charge in [-0.2, -0.15) is 0 Å². The molecule has 4 rings (SSSR count). The molecule has 3 amide bonds. The number of hydrogen-bond acceptors (Lipinski definition) is 6. The van der Waals surface area contributed by atoms with Gasteiger partial charge < -0.3 is 15.0 Å². The third-order valence-electron chi connectivity index (χ3n) is 5.58. The minimum Gasteiger partial charge on any atom is -0.448 e. The van der Waals surface area contributed by atoms with E-state index in [1.165, 1.54) is 9.80 Å². The summed E-state index contributed by atoms with van der Waals surface area (Å²) in [6.07, 6.45) is -0.534. The summed E-state index contributed by atoms with van der Waals surface area (Å²) in [5, 5.41) is 2.13. The van der Waals surface area contributed by atoms with Crippen molar-refractivity contribution in [1.29, 1.82) is 0 Å². The molecule has 0 saturated carbocycles. The number of benzene rings is 1. The molecule has 3 aliphatic rings. The highest BCUT2D eigenvalue weighted by Gasteiger charge is 2.53. The molecule has 0 unspecified atom stereocenters. The molecule has 0 spiro atoms. The number of nitrogens with one attached hydrogen (secondary N) is 1. The van der Waals surface area contributed by atoms with Crippen molar-refractivity contribution in [3.8, 4) is 0 Å². The fraction of sp³-hybridized carbons (Fsp3) is 0.500. The van der Waals surface area contributed by atoms with Crippen LogP contribution >= 0.6 is 0 Å². The Morgan fingerprint density at radius 3 is 2.61 bits per heavy atom. The molecule has 3 fully saturated rings. The van der Waals surface area contributed by atoms with E-state index in [-0.39, 0.29) is 49.7 Å². The SMILES string of the molecule is O=C(N[C@@H]1CS(=O)(=O)[C@H]2CN(C(=O)CN3CCOC3=O)C[C@@H]12)c1ccccc1. The number of rotatable bonds is 4. The highest BCUT2D eigenvalue weighted by Crippen LogP contribution is 2.34. The molecule has 0 bridgehead atoms. The van der Waals surface area contributed by atoms with Gasteiger partial charge in [-0.3, -0.25) is 14.5 Å². The zero-order valence-electron chi connectivity index (χ0n) is 15.1. The summed E-state index contributed by atoms with van der Waals surface area (Å²) < 4.78 is 29.9. The first-order chi connectivity index (χ1) is 13.3. The highest BCUT2D eigenvalue weighted by atomic mass is 32.2. The Morgan fingerprint density at radius 2 is 1.93 bits per heavy atom. The van der Waals surface area contributed by atoms with E-state index in [9.17, 15) is 22.8 Å². The number of sulfone groups is 1. The average molecular weight is 407 g/mol. The van der Waals surface area contributed by atoms with Gasteiger partial charge in [-0.15, -0.1) is 0 Å². The number of carbonyl (C=O) groups excluding carboxylic acids is 3. The lowest BCUT2D eigenvalue weighted by Crippen LogP contribution is -2.44. The maximum atomic E-state index is 12.6. The fourth-order valence-electron chi connectivity index (χ4n) is 4.09. The standard InChI is InChI=1S/C18H21N3O6S/c22-16(10-20-6-7-27-18(20)24)21-8-13-14(11-28(25,26)15(13)9-21)19-17(23)12-4-2-1-3-5-12/h1-5,13-15H,6-11H2,(H,19,23)/t13-,14+,15-/m0/s1. The molecule has 3 atom stereocenters. The molecule has 28 heavy (non-hydrogen) atoms. The summed E-state index contributed by atoms with van der Waals surface area (Å²) in [4.78, 5) is 39.3. The molecule has 1 N–H and O–H groups in total. The van der Waals surface area contributed by atoms with E-state index >= 15 is 0 Å². The van der Waals surface area contributed by atoms with E-state index in [1.807, 2.05) is 0 Å². The van der Waals surface area contributed by atoms with Gasteiger partial charge in [0.15, 0.2) is 9.84 Å². The lowest BCUT2D eigenvalue weighted by Gasteiger charge is -2.22. The molecule has 3 saturated heterocycles. The van der Waals surface area contributed by atoms with Crippen molar-refractivity contribution in [2.75, 3.05) is 38.5 Å². The van der Waals surface area contributed by atoms with E-state index in [0.29, 0.717) is 12.1 Å². The fourth-order valence-corrected chi connectivity index (χ4v) is 6.38. The Labute approximate surface area is 162 Å². The molecule has 150 valence electrons. The second kappa shape index (κ2) is 7.08. The van der Waals surface area contributed by atoms with Crippen LogP contribution in [-0.2, 0) is 19.4 Å². The lowest BCUT2D eigenvalue weighted by atomic mass is 10.00. The Kier molecular flexibility index (Phi) is 4.74. The van der Waals surface area contributed by atoms with Crippen LogP contribution in [0.4, 0.5) is 4.79 Å². The molecule has 3 aliphatic heterocycles. The van der Waals surface area contributed by atoms with E-state index in [2.05, 4.69) is 5.32 Å². The Morgan fingerprint density at radius 1 is 1.18 bits per heavy atom. The first kappa shape index (κ1) is 18.7. The predicted octanol–water partition coefficient (Wildman–Crippen LogP) is -0.507. The van der Waals surface area contributed by atoms with E-state index in [1.54, 1.807) is 30.3 Å². The lowest BCUT2D eigenvalue weighted by molar-refractivity contribution is -0.130. The van der Waals surface area contributed by atoms with Crippen molar-refractivity contribution < 1.29 is 27.5 Å². The summed E-state index contributed by atoms with van der Waals surface area (Å²) in [6, 6.07) is 8.05. The van der Waals surface area contributed by atoms with Crippen molar-refractivity contribution in [1.82, 2.24) is 15.1 Å². The number of likely N-dealkylation sites (tertiary alicyclic amines) is 1. The summed E-state index contributed by atoms with van der Waals surface area (Å²) >= 11 is 0. The third-order valence-corrected chi connectivity index (χ3v) is 7.82. The summed E-state index contributed by atoms with van der Waals surface area (Å²) in [5.41, 5.74) is 0.460. The van der Waals surface area contributed by atoms with Crippen LogP contribution < -0.4 is 5.32 Å². The van der Waals surface area contributed by atoms with Crippen LogP contribution in [0.1, 0.15) is 10.4 Å². The first-order valence-electron chi connectivity index (χ1n) is 9.12. The number of cyclic esters (lactones) is 1. The van der Waals surface area contributed by atoms with E-state index < -0.39 is 27.2 Å². The van der Waals surface area contributed by atoms with Gasteiger partial charge in [-0.05, 0) is 12.1 Å². The molecule has 0 aromatic heterocycles. The molecule has 1 aromatic carbocycles. The number of fused-ring (bicyclic) bond motifs is 1. The Balaban J connectivity index is 1.44. The number of carbonyl (C=O) groups is 3. The topological polar surface area (TPSA) is 113 Å². The zero-order valence-corrected chi connectivity index (χ0v) is 15.9. The first-order valence-corrected chi connectivity index (χ1v) is 10.8. The van der Waals surface area contributed by atoms with Crippen molar-refractivity contribution in [2.45, 2.75) is 11.3 Å². The number of nitrogens with zero attached hydrogens (tertiary/aromatic N) is 2. The predicted molar refractivity (Wildman–Crippen MR) is 98.3 cm³/mol. The summed E-state index contributed by atoms with van der Waals surface area (Å²) in [5.74, 6) is -1.11. The number of amides is 3. The summed E-state index contributed by atoms with van der Waals surface area (Å²) in [6.45, 7) is 0.801. The van der Waals surface area contributed by atoms with Crippen LogP contribution in [0.25, 0.3) is 0 Å². The highest BCUT2D eigenvalue weighted by molar-refractivity contribution is 7.92. The molecule has 0 aliphatic carbocycles. The summed E-state index contributed by atoms with van der Waals surface area (Å²) in [7, 11) is -3.42. The van der Waals surface area contributed by atoms with Crippen LogP contribution in [0.5, 0.6) is 0 Å². The van der Waals surface area contributed by atoms with Gasteiger partial charge in [0.05, 0.1) is 17.5 Å². The Bertz CT molecular complexity index is 903. The molecule has 3 heterocycles. The van der Waals surface area contributed by atoms with Gasteiger partial charge in [0.25, 0.3) is 5.91 Å². The van der Waals surface area contributed by atoms with Gasteiger partial charge in [0, 0.05) is 30.6 Å². The quantitative estimate of drug-likeness (QED) is 0.720. The van der Waals surface area contributed by atoms with Gasteiger partial charge in [0.1, 0.15) is 13.2 Å². The van der Waals surface area contributed by atoms with Gasteiger partial charge >= 0.3 is 6.09 Å². The van der Waals surface area contributed by atoms with Gasteiger partial charge in [-0.1, -0.05) is 18.2 Å². The second-order valence-corrected chi connectivity index (χ2v) is 9.58. The van der Waals surface area contributed by atoms with Crippen molar-refractivity contribution in [3.05, 3.63) is 35.9 Å². The van der Waals surface area contributed by atoms with Gasteiger partial charge in [0.2, 0.25) is 5.91 Å². The molecule has 0 radical (unpaired) electrons. The van der Waals surface area contributed by atoms with Crippen LogP contribution in [-0.4, -0.2) is 86.0 Å². The molecule has 1 aromatic rings. The van der Waals surface area contributed by atoms with Crippen LogP contribution in [0, 0.1) is 5.92 Å². The number of ether oxygens (including phenoxy) is 1.